The molecule has 3 N–H and O–H groups in total. The Hall–Kier alpha value is -0.160. The van der Waals surface area contributed by atoms with Gasteiger partial charge in [-0.05, 0) is 51.5 Å². The Labute approximate surface area is 110 Å². The van der Waals surface area contributed by atoms with E-state index < -0.39 is 0 Å². The van der Waals surface area contributed by atoms with Gasteiger partial charge in [-0.15, -0.1) is 0 Å². The molecule has 0 spiro atoms. The van der Waals surface area contributed by atoms with Crippen LogP contribution < -0.4 is 5.73 Å². The molecule has 3 atom stereocenters. The molecule has 0 bridgehead atoms. The van der Waals surface area contributed by atoms with Gasteiger partial charge in [0.25, 0.3) is 0 Å². The third kappa shape index (κ3) is 3.67. The molecule has 1 saturated carbocycles. The summed E-state index contributed by atoms with van der Waals surface area (Å²) in [6.07, 6.45) is 6.70. The van der Waals surface area contributed by atoms with E-state index in [-0.39, 0.29) is 12.1 Å². The number of hydrogen-bond acceptors (Lipinski definition) is 4. The lowest BCUT2D eigenvalue weighted by atomic mass is 9.79. The SMILES string of the molecule is CN(CC1CCCOC1)C1CCCC(N)(CO)C1. The van der Waals surface area contributed by atoms with Crippen LogP contribution in [-0.2, 0) is 4.74 Å². The van der Waals surface area contributed by atoms with Crippen molar-refractivity contribution >= 4 is 0 Å². The molecular weight excluding hydrogens is 228 g/mol. The highest BCUT2D eigenvalue weighted by atomic mass is 16.5. The molecule has 18 heavy (non-hydrogen) atoms. The topological polar surface area (TPSA) is 58.7 Å². The van der Waals surface area contributed by atoms with Crippen LogP contribution >= 0.6 is 0 Å². The Bertz CT molecular complexity index is 256. The second kappa shape index (κ2) is 6.33. The zero-order valence-corrected chi connectivity index (χ0v) is 11.6. The molecule has 0 aromatic rings. The highest BCUT2D eigenvalue weighted by molar-refractivity contribution is 4.93. The second-order valence-electron chi connectivity index (χ2n) is 6.29. The van der Waals surface area contributed by atoms with Crippen LogP contribution in [0.2, 0.25) is 0 Å². The van der Waals surface area contributed by atoms with Crippen molar-refractivity contribution < 1.29 is 9.84 Å². The lowest BCUT2D eigenvalue weighted by Gasteiger charge is -2.41. The molecule has 0 amide bonds. The van der Waals surface area contributed by atoms with E-state index in [4.69, 9.17) is 10.5 Å². The molecule has 3 unspecified atom stereocenters. The van der Waals surface area contributed by atoms with Crippen LogP contribution in [0.15, 0.2) is 0 Å². The van der Waals surface area contributed by atoms with Crippen molar-refractivity contribution in [2.24, 2.45) is 11.7 Å². The molecule has 2 rings (SSSR count). The van der Waals surface area contributed by atoms with E-state index in [0.717, 1.165) is 39.0 Å². The summed E-state index contributed by atoms with van der Waals surface area (Å²) in [5.41, 5.74) is 5.87. The molecule has 106 valence electrons. The molecule has 1 aliphatic heterocycles. The highest BCUT2D eigenvalue weighted by Gasteiger charge is 2.34. The summed E-state index contributed by atoms with van der Waals surface area (Å²) < 4.78 is 5.54. The lowest BCUT2D eigenvalue weighted by molar-refractivity contribution is 0.0257. The maximum atomic E-state index is 9.41. The van der Waals surface area contributed by atoms with Gasteiger partial charge in [-0.2, -0.15) is 0 Å². The highest BCUT2D eigenvalue weighted by Crippen LogP contribution is 2.29. The third-order valence-electron chi connectivity index (χ3n) is 4.59. The lowest BCUT2D eigenvalue weighted by Crippen LogP contribution is -2.53. The van der Waals surface area contributed by atoms with E-state index >= 15 is 0 Å². The summed E-state index contributed by atoms with van der Waals surface area (Å²) in [5.74, 6) is 0.673. The molecule has 2 aliphatic rings. The standard InChI is InChI=1S/C14H28N2O2/c1-16(9-12-4-3-7-18-10-12)13-5-2-6-14(15,8-13)11-17/h12-13,17H,2-11,15H2,1H3. The number of hydrogen-bond donors (Lipinski definition) is 2. The van der Waals surface area contributed by atoms with Gasteiger partial charge in [-0.25, -0.2) is 0 Å². The van der Waals surface area contributed by atoms with Crippen LogP contribution in [-0.4, -0.2) is 55.0 Å². The Kier molecular flexibility index (Phi) is 5.01. The first-order valence-electron chi connectivity index (χ1n) is 7.31. The van der Waals surface area contributed by atoms with E-state index in [1.54, 1.807) is 0 Å². The summed E-state index contributed by atoms with van der Waals surface area (Å²) in [5, 5.41) is 9.41. The van der Waals surface area contributed by atoms with Crippen LogP contribution in [0.1, 0.15) is 38.5 Å². The van der Waals surface area contributed by atoms with Gasteiger partial charge in [0, 0.05) is 24.7 Å². The van der Waals surface area contributed by atoms with Crippen molar-refractivity contribution in [3.8, 4) is 0 Å². The van der Waals surface area contributed by atoms with Crippen LogP contribution in [0.5, 0.6) is 0 Å². The van der Waals surface area contributed by atoms with E-state index in [9.17, 15) is 5.11 Å². The first kappa shape index (κ1) is 14.3. The predicted molar refractivity (Wildman–Crippen MR) is 72.4 cm³/mol. The smallest absolute Gasteiger partial charge is 0.0611 e. The zero-order chi connectivity index (χ0) is 13.0. The van der Waals surface area contributed by atoms with Crippen molar-refractivity contribution in [3.63, 3.8) is 0 Å². The Morgan fingerprint density at radius 1 is 1.39 bits per heavy atom. The van der Waals surface area contributed by atoms with Gasteiger partial charge in [0.15, 0.2) is 0 Å². The second-order valence-corrected chi connectivity index (χ2v) is 6.29. The summed E-state index contributed by atoms with van der Waals surface area (Å²) in [7, 11) is 2.20. The van der Waals surface area contributed by atoms with Gasteiger partial charge >= 0.3 is 0 Å². The number of nitrogens with two attached hydrogens (primary N) is 1. The Balaban J connectivity index is 1.82. The number of aliphatic hydroxyl groups is 1. The van der Waals surface area contributed by atoms with Crippen molar-refractivity contribution in [2.75, 3.05) is 33.4 Å². The van der Waals surface area contributed by atoms with E-state index in [1.165, 1.54) is 19.3 Å². The molecule has 2 fully saturated rings. The Morgan fingerprint density at radius 2 is 2.22 bits per heavy atom. The number of ether oxygens (including phenoxy) is 1. The monoisotopic (exact) mass is 256 g/mol. The average molecular weight is 256 g/mol. The van der Waals surface area contributed by atoms with Gasteiger partial charge in [-0.3, -0.25) is 0 Å². The minimum atomic E-state index is -0.347. The zero-order valence-electron chi connectivity index (χ0n) is 11.6. The average Bonchev–Trinajstić information content (AvgIpc) is 2.40. The minimum absolute atomic E-state index is 0.115. The van der Waals surface area contributed by atoms with E-state index in [0.29, 0.717) is 12.0 Å². The number of aliphatic hydroxyl groups excluding tert-OH is 1. The van der Waals surface area contributed by atoms with Gasteiger partial charge in [-0.1, -0.05) is 0 Å². The summed E-state index contributed by atoms with van der Waals surface area (Å²) in [6, 6.07) is 0.526. The molecule has 0 aromatic carbocycles. The Morgan fingerprint density at radius 3 is 2.89 bits per heavy atom. The van der Waals surface area contributed by atoms with E-state index in [2.05, 4.69) is 11.9 Å². The number of nitrogens with zero attached hydrogens (tertiary/aromatic N) is 1. The van der Waals surface area contributed by atoms with Crippen LogP contribution in [0.25, 0.3) is 0 Å². The summed E-state index contributed by atoms with van der Waals surface area (Å²) in [6.45, 7) is 3.06. The van der Waals surface area contributed by atoms with Crippen molar-refractivity contribution in [1.82, 2.24) is 4.90 Å². The fraction of sp³-hybridized carbons (Fsp3) is 1.00. The van der Waals surface area contributed by atoms with Crippen molar-refractivity contribution in [2.45, 2.75) is 50.1 Å². The maximum absolute atomic E-state index is 9.41. The molecule has 0 radical (unpaired) electrons. The molecule has 0 aromatic heterocycles. The molecule has 4 nitrogen and oxygen atoms in total. The molecule has 1 heterocycles. The quantitative estimate of drug-likeness (QED) is 0.787. The van der Waals surface area contributed by atoms with Crippen molar-refractivity contribution in [3.05, 3.63) is 0 Å². The van der Waals surface area contributed by atoms with Gasteiger partial charge in [0.05, 0.1) is 13.2 Å². The van der Waals surface area contributed by atoms with Crippen LogP contribution in [0, 0.1) is 5.92 Å². The third-order valence-corrected chi connectivity index (χ3v) is 4.59. The van der Waals surface area contributed by atoms with Crippen molar-refractivity contribution in [1.29, 1.82) is 0 Å². The molecule has 1 aliphatic carbocycles. The molecule has 1 saturated heterocycles. The van der Waals surface area contributed by atoms with Crippen LogP contribution in [0.4, 0.5) is 0 Å². The normalized spacial score (nSPS) is 38.0. The minimum Gasteiger partial charge on any atom is -0.394 e. The van der Waals surface area contributed by atoms with Gasteiger partial charge in [0.2, 0.25) is 0 Å². The molecular formula is C14H28N2O2. The van der Waals surface area contributed by atoms with Gasteiger partial charge < -0.3 is 20.5 Å². The predicted octanol–water partition coefficient (Wildman–Crippen LogP) is 0.977. The maximum Gasteiger partial charge on any atom is 0.0611 e. The summed E-state index contributed by atoms with van der Waals surface area (Å²) >= 11 is 0. The first-order chi connectivity index (χ1) is 8.63. The van der Waals surface area contributed by atoms with Gasteiger partial charge in [0.1, 0.15) is 0 Å². The van der Waals surface area contributed by atoms with Crippen LogP contribution in [0.3, 0.4) is 0 Å². The first-order valence-corrected chi connectivity index (χ1v) is 7.31. The molecule has 4 heteroatoms. The van der Waals surface area contributed by atoms with E-state index in [1.807, 2.05) is 0 Å². The summed E-state index contributed by atoms with van der Waals surface area (Å²) in [4.78, 5) is 2.44. The number of rotatable bonds is 4. The fourth-order valence-corrected chi connectivity index (χ4v) is 3.39. The fourth-order valence-electron chi connectivity index (χ4n) is 3.39. The largest absolute Gasteiger partial charge is 0.394 e.